The lowest BCUT2D eigenvalue weighted by Gasteiger charge is -2.39. The lowest BCUT2D eigenvalue weighted by Crippen LogP contribution is -2.46. The first-order valence-electron chi connectivity index (χ1n) is 8.94. The van der Waals surface area contributed by atoms with E-state index in [9.17, 15) is 0 Å². The summed E-state index contributed by atoms with van der Waals surface area (Å²) in [6.45, 7) is 5.88. The van der Waals surface area contributed by atoms with Crippen molar-refractivity contribution < 1.29 is 14.2 Å². The van der Waals surface area contributed by atoms with Gasteiger partial charge in [0, 0.05) is 43.6 Å². The summed E-state index contributed by atoms with van der Waals surface area (Å²) >= 11 is 0. The summed E-state index contributed by atoms with van der Waals surface area (Å²) in [5.74, 6) is 1.69. The van der Waals surface area contributed by atoms with Crippen molar-refractivity contribution in [2.24, 2.45) is 0 Å². The van der Waals surface area contributed by atoms with Gasteiger partial charge in [-0.05, 0) is 43.5 Å². The predicted octanol–water partition coefficient (Wildman–Crippen LogP) is 2.34. The fourth-order valence-corrected chi connectivity index (χ4v) is 3.68. The van der Waals surface area contributed by atoms with Crippen LogP contribution in [-0.4, -0.2) is 42.4 Å². The van der Waals surface area contributed by atoms with Crippen LogP contribution in [0.3, 0.4) is 0 Å². The minimum absolute atomic E-state index is 0.0671. The van der Waals surface area contributed by atoms with Gasteiger partial charge in [-0.2, -0.15) is 5.10 Å². The molecule has 4 rings (SSSR count). The molecule has 6 nitrogen and oxygen atoms in total. The SMILES string of the molecule is C[C@H](Cn1cccn1)NCC1(c2ccc3c(c2)OCO3)CCOCC1. The van der Waals surface area contributed by atoms with Gasteiger partial charge in [-0.3, -0.25) is 4.68 Å². The van der Waals surface area contributed by atoms with Crippen molar-refractivity contribution in [3.8, 4) is 11.5 Å². The standard InChI is InChI=1S/C19H25N3O3/c1-15(12-22-8-2-7-21-22)20-13-19(5-9-23-10-6-19)16-3-4-17-18(11-16)25-14-24-17/h2-4,7-8,11,15,20H,5-6,9-10,12-14H2,1H3/t15-/m1/s1. The van der Waals surface area contributed by atoms with E-state index in [2.05, 4.69) is 29.5 Å². The Balaban J connectivity index is 1.49. The van der Waals surface area contributed by atoms with Crippen LogP contribution in [0.1, 0.15) is 25.3 Å². The molecule has 134 valence electrons. The van der Waals surface area contributed by atoms with Gasteiger partial charge in [-0.1, -0.05) is 6.07 Å². The monoisotopic (exact) mass is 343 g/mol. The summed E-state index contributed by atoms with van der Waals surface area (Å²) in [5, 5.41) is 8.00. The number of hydrogen-bond acceptors (Lipinski definition) is 5. The Kier molecular flexibility index (Phi) is 4.63. The molecule has 2 aliphatic heterocycles. The maximum atomic E-state index is 5.63. The van der Waals surface area contributed by atoms with Crippen molar-refractivity contribution in [1.82, 2.24) is 15.1 Å². The van der Waals surface area contributed by atoms with Gasteiger partial charge in [0.1, 0.15) is 0 Å². The molecular weight excluding hydrogens is 318 g/mol. The zero-order valence-electron chi connectivity index (χ0n) is 14.6. The Bertz CT molecular complexity index is 696. The molecule has 3 heterocycles. The van der Waals surface area contributed by atoms with Crippen molar-refractivity contribution in [2.75, 3.05) is 26.6 Å². The lowest BCUT2D eigenvalue weighted by molar-refractivity contribution is 0.0487. The van der Waals surface area contributed by atoms with Gasteiger partial charge >= 0.3 is 0 Å². The van der Waals surface area contributed by atoms with Gasteiger partial charge in [0.05, 0.1) is 6.54 Å². The lowest BCUT2D eigenvalue weighted by atomic mass is 9.74. The highest BCUT2D eigenvalue weighted by Gasteiger charge is 2.35. The molecule has 0 aliphatic carbocycles. The molecule has 1 aromatic carbocycles. The van der Waals surface area contributed by atoms with Crippen molar-refractivity contribution >= 4 is 0 Å². The van der Waals surface area contributed by atoms with E-state index in [-0.39, 0.29) is 5.41 Å². The number of ether oxygens (including phenoxy) is 3. The molecule has 0 radical (unpaired) electrons. The molecule has 0 spiro atoms. The summed E-state index contributed by atoms with van der Waals surface area (Å²) < 4.78 is 18.6. The van der Waals surface area contributed by atoms with E-state index in [0.717, 1.165) is 50.6 Å². The van der Waals surface area contributed by atoms with Gasteiger partial charge in [0.15, 0.2) is 11.5 Å². The van der Waals surface area contributed by atoms with Gasteiger partial charge in [0.25, 0.3) is 0 Å². The molecule has 1 atom stereocenters. The van der Waals surface area contributed by atoms with Crippen molar-refractivity contribution in [2.45, 2.75) is 37.8 Å². The molecule has 0 unspecified atom stereocenters. The Morgan fingerprint density at radius 3 is 2.88 bits per heavy atom. The van der Waals surface area contributed by atoms with Gasteiger partial charge < -0.3 is 19.5 Å². The van der Waals surface area contributed by atoms with Crippen LogP contribution in [-0.2, 0) is 16.7 Å². The third-order valence-electron chi connectivity index (χ3n) is 5.24. The summed E-state index contributed by atoms with van der Waals surface area (Å²) in [5.41, 5.74) is 1.37. The quantitative estimate of drug-likeness (QED) is 0.872. The molecule has 25 heavy (non-hydrogen) atoms. The Hall–Kier alpha value is -2.05. The first kappa shape index (κ1) is 16.4. The fraction of sp³-hybridized carbons (Fsp3) is 0.526. The van der Waals surface area contributed by atoms with Crippen LogP contribution in [0.2, 0.25) is 0 Å². The first-order valence-corrected chi connectivity index (χ1v) is 8.94. The average molecular weight is 343 g/mol. The molecule has 1 fully saturated rings. The Labute approximate surface area is 148 Å². The minimum Gasteiger partial charge on any atom is -0.454 e. The van der Waals surface area contributed by atoms with E-state index in [4.69, 9.17) is 14.2 Å². The number of aromatic nitrogens is 2. The molecule has 0 saturated carbocycles. The van der Waals surface area contributed by atoms with Crippen molar-refractivity contribution in [3.05, 3.63) is 42.2 Å². The molecule has 2 aliphatic rings. The first-order chi connectivity index (χ1) is 12.3. The topological polar surface area (TPSA) is 57.5 Å². The number of rotatable bonds is 6. The fourth-order valence-electron chi connectivity index (χ4n) is 3.68. The van der Waals surface area contributed by atoms with Gasteiger partial charge in [0.2, 0.25) is 6.79 Å². The second-order valence-corrected chi connectivity index (χ2v) is 6.97. The zero-order valence-corrected chi connectivity index (χ0v) is 14.6. The maximum Gasteiger partial charge on any atom is 0.231 e. The van der Waals surface area contributed by atoms with Crippen molar-refractivity contribution in [3.63, 3.8) is 0 Å². The maximum absolute atomic E-state index is 5.63. The summed E-state index contributed by atoms with van der Waals surface area (Å²) in [6.07, 6.45) is 5.84. The molecule has 2 aromatic rings. The minimum atomic E-state index is 0.0671. The number of hydrogen-bond donors (Lipinski definition) is 1. The highest BCUT2D eigenvalue weighted by Crippen LogP contribution is 2.40. The molecule has 1 N–H and O–H groups in total. The molecule has 1 saturated heterocycles. The number of fused-ring (bicyclic) bond motifs is 1. The van der Waals surface area contributed by atoms with Crippen LogP contribution < -0.4 is 14.8 Å². The van der Waals surface area contributed by atoms with Crippen LogP contribution in [0.25, 0.3) is 0 Å². The van der Waals surface area contributed by atoms with Crippen LogP contribution in [0, 0.1) is 0 Å². The second-order valence-electron chi connectivity index (χ2n) is 6.97. The summed E-state index contributed by atoms with van der Waals surface area (Å²) in [7, 11) is 0. The van der Waals surface area contributed by atoms with Gasteiger partial charge in [-0.25, -0.2) is 0 Å². The molecular formula is C19H25N3O3. The van der Waals surface area contributed by atoms with Crippen LogP contribution in [0.5, 0.6) is 11.5 Å². The third kappa shape index (κ3) is 3.50. The van der Waals surface area contributed by atoms with E-state index in [1.807, 2.05) is 29.2 Å². The van der Waals surface area contributed by atoms with Crippen molar-refractivity contribution in [1.29, 1.82) is 0 Å². The predicted molar refractivity (Wildman–Crippen MR) is 94.0 cm³/mol. The van der Waals surface area contributed by atoms with E-state index in [1.165, 1.54) is 5.56 Å². The van der Waals surface area contributed by atoms with Crippen LogP contribution in [0.15, 0.2) is 36.7 Å². The third-order valence-corrected chi connectivity index (χ3v) is 5.24. The number of nitrogens with zero attached hydrogens (tertiary/aromatic N) is 2. The highest BCUT2D eigenvalue weighted by atomic mass is 16.7. The molecule has 0 amide bonds. The molecule has 6 heteroatoms. The smallest absolute Gasteiger partial charge is 0.231 e. The molecule has 1 aromatic heterocycles. The van der Waals surface area contributed by atoms with E-state index in [0.29, 0.717) is 12.8 Å². The van der Waals surface area contributed by atoms with Crippen LogP contribution >= 0.6 is 0 Å². The average Bonchev–Trinajstić information content (AvgIpc) is 3.31. The van der Waals surface area contributed by atoms with E-state index in [1.54, 1.807) is 0 Å². The van der Waals surface area contributed by atoms with Crippen LogP contribution in [0.4, 0.5) is 0 Å². The summed E-state index contributed by atoms with van der Waals surface area (Å²) in [6, 6.07) is 8.65. The zero-order chi connectivity index (χ0) is 17.1. The highest BCUT2D eigenvalue weighted by molar-refractivity contribution is 5.47. The Morgan fingerprint density at radius 2 is 2.08 bits per heavy atom. The number of benzene rings is 1. The largest absolute Gasteiger partial charge is 0.454 e. The number of nitrogens with one attached hydrogen (secondary N) is 1. The normalized spacial score (nSPS) is 19.7. The Morgan fingerprint density at radius 1 is 1.24 bits per heavy atom. The molecule has 0 bridgehead atoms. The van der Waals surface area contributed by atoms with E-state index >= 15 is 0 Å². The van der Waals surface area contributed by atoms with E-state index < -0.39 is 0 Å². The van der Waals surface area contributed by atoms with Gasteiger partial charge in [-0.15, -0.1) is 0 Å². The summed E-state index contributed by atoms with van der Waals surface area (Å²) in [4.78, 5) is 0. The second kappa shape index (κ2) is 7.06.